The average molecular weight is 712 g/mol. The van der Waals surface area contributed by atoms with E-state index in [4.69, 9.17) is 21.1 Å². The number of hydrogen-bond acceptors (Lipinski definition) is 8. The summed E-state index contributed by atoms with van der Waals surface area (Å²) in [4.78, 5) is 30.9. The van der Waals surface area contributed by atoms with Crippen LogP contribution < -0.4 is 14.4 Å². The number of amides is 2. The van der Waals surface area contributed by atoms with Crippen LogP contribution in [0.2, 0.25) is 5.02 Å². The number of halogens is 1. The molecule has 264 valence electrons. The first kappa shape index (κ1) is 34.3. The summed E-state index contributed by atoms with van der Waals surface area (Å²) in [7, 11) is -2.32. The Kier molecular flexibility index (Phi) is 9.03. The molecule has 1 spiro atoms. The summed E-state index contributed by atoms with van der Waals surface area (Å²) in [5.41, 5.74) is 1.36. The number of nitrogens with one attached hydrogen (secondary N) is 1. The predicted octanol–water partition coefficient (Wildman–Crippen LogP) is 4.47. The van der Waals surface area contributed by atoms with E-state index in [1.165, 1.54) is 11.1 Å². The van der Waals surface area contributed by atoms with E-state index in [9.17, 15) is 23.1 Å². The first-order valence-corrected chi connectivity index (χ1v) is 19.4. The van der Waals surface area contributed by atoms with Gasteiger partial charge in [0, 0.05) is 42.7 Å². The highest BCUT2D eigenvalue weighted by molar-refractivity contribution is 7.90. The molecule has 1 saturated heterocycles. The van der Waals surface area contributed by atoms with E-state index < -0.39 is 32.9 Å². The molecule has 49 heavy (non-hydrogen) atoms. The van der Waals surface area contributed by atoms with Gasteiger partial charge in [-0.1, -0.05) is 36.7 Å². The van der Waals surface area contributed by atoms with Crippen molar-refractivity contribution >= 4 is 39.1 Å². The number of hydrogen-bond donors (Lipinski definition) is 2. The highest BCUT2D eigenvalue weighted by atomic mass is 35.5. The van der Waals surface area contributed by atoms with Gasteiger partial charge >= 0.3 is 0 Å². The third kappa shape index (κ3) is 6.15. The highest BCUT2D eigenvalue weighted by Gasteiger charge is 2.55. The van der Waals surface area contributed by atoms with Gasteiger partial charge in [-0.15, -0.1) is 0 Å². The van der Waals surface area contributed by atoms with Crippen LogP contribution >= 0.6 is 11.6 Å². The number of nitrogens with zero attached hydrogens (tertiary/aromatic N) is 2. The van der Waals surface area contributed by atoms with Gasteiger partial charge in [0.15, 0.2) is 6.10 Å². The number of carbonyl (C=O) groups is 2. The lowest BCUT2D eigenvalue weighted by atomic mass is 9.62. The lowest BCUT2D eigenvalue weighted by Crippen LogP contribution is -2.63. The largest absolute Gasteiger partial charge is 0.490 e. The third-order valence-electron chi connectivity index (χ3n) is 11.9. The molecular weight excluding hydrogens is 666 g/mol. The molecule has 7 atom stereocenters. The van der Waals surface area contributed by atoms with Gasteiger partial charge in [-0.2, -0.15) is 0 Å². The van der Waals surface area contributed by atoms with Crippen molar-refractivity contribution in [1.82, 2.24) is 9.62 Å². The number of anilines is 1. The summed E-state index contributed by atoms with van der Waals surface area (Å²) in [6.45, 7) is 5.70. The van der Waals surface area contributed by atoms with Crippen LogP contribution in [0.15, 0.2) is 48.6 Å². The van der Waals surface area contributed by atoms with Crippen LogP contribution in [0.1, 0.15) is 67.4 Å². The Balaban J connectivity index is 1.34. The standard InChI is InChI=1S/C37H46ClN3O7S/c1-23-6-4-15-37(44,33-35(43)40(3)16-17-47-33)30-11-8-27(30)20-41-21-36(14-5-7-25-18-28(38)10-12-29(25)36)22-48-32-13-9-26(19-31(32)41)34(42)39-49(45,46)24(23)2/h4,9-10,12-13,15,18-19,23-24,27,30,33,44H,5-8,11,14,16-17,20-22H2,1-3H3,(H,39,42)/b15-4+/t23-,24+,27-,30+,33+,36-,37-/m0/s1. The minimum atomic E-state index is -4.05. The summed E-state index contributed by atoms with van der Waals surface area (Å²) < 4.78 is 41.8. The smallest absolute Gasteiger partial charge is 0.264 e. The molecule has 10 nitrogen and oxygen atoms in total. The van der Waals surface area contributed by atoms with Gasteiger partial charge in [-0.3, -0.25) is 9.59 Å². The number of ether oxygens (including phenoxy) is 2. The van der Waals surface area contributed by atoms with E-state index in [-0.39, 0.29) is 34.6 Å². The van der Waals surface area contributed by atoms with Gasteiger partial charge < -0.3 is 24.4 Å². The van der Waals surface area contributed by atoms with E-state index in [0.29, 0.717) is 62.1 Å². The topological polar surface area (TPSA) is 125 Å². The number of carbonyl (C=O) groups excluding carboxylic acids is 2. The molecule has 0 aromatic heterocycles. The van der Waals surface area contributed by atoms with Crippen molar-refractivity contribution in [3.8, 4) is 5.75 Å². The molecule has 7 rings (SSSR count). The Morgan fingerprint density at radius 2 is 1.92 bits per heavy atom. The van der Waals surface area contributed by atoms with Crippen LogP contribution in [0, 0.1) is 17.8 Å². The highest BCUT2D eigenvalue weighted by Crippen LogP contribution is 2.49. The van der Waals surface area contributed by atoms with Gasteiger partial charge in [0.1, 0.15) is 11.4 Å². The van der Waals surface area contributed by atoms with E-state index in [1.54, 1.807) is 56.1 Å². The maximum Gasteiger partial charge on any atom is 0.264 e. The van der Waals surface area contributed by atoms with Crippen molar-refractivity contribution < 1.29 is 32.6 Å². The maximum absolute atomic E-state index is 13.5. The fourth-order valence-corrected chi connectivity index (χ4v) is 10.1. The molecule has 2 amide bonds. The summed E-state index contributed by atoms with van der Waals surface area (Å²) in [5.74, 6) is -1.02. The monoisotopic (exact) mass is 711 g/mol. The van der Waals surface area contributed by atoms with E-state index >= 15 is 0 Å². The minimum Gasteiger partial charge on any atom is -0.490 e. The van der Waals surface area contributed by atoms with Crippen molar-refractivity contribution in [3.63, 3.8) is 0 Å². The Morgan fingerprint density at radius 1 is 1.10 bits per heavy atom. The number of aryl methyl sites for hydroxylation is 1. The van der Waals surface area contributed by atoms with Crippen molar-refractivity contribution in [2.24, 2.45) is 17.8 Å². The summed E-state index contributed by atoms with van der Waals surface area (Å²) in [5, 5.41) is 12.4. The van der Waals surface area contributed by atoms with Crippen LogP contribution in [-0.2, 0) is 31.4 Å². The van der Waals surface area contributed by atoms with Gasteiger partial charge in [0.2, 0.25) is 10.0 Å². The van der Waals surface area contributed by atoms with Crippen molar-refractivity contribution in [2.75, 3.05) is 44.8 Å². The predicted molar refractivity (Wildman–Crippen MR) is 188 cm³/mol. The minimum absolute atomic E-state index is 0.00308. The fourth-order valence-electron chi connectivity index (χ4n) is 8.61. The molecule has 1 saturated carbocycles. The van der Waals surface area contributed by atoms with Crippen LogP contribution in [0.3, 0.4) is 0 Å². The second kappa shape index (κ2) is 12.9. The first-order valence-electron chi connectivity index (χ1n) is 17.4. The van der Waals surface area contributed by atoms with Gasteiger partial charge in [0.25, 0.3) is 11.8 Å². The zero-order valence-corrected chi connectivity index (χ0v) is 29.9. The maximum atomic E-state index is 13.5. The molecule has 5 aliphatic rings. The number of morpholine rings is 1. The fraction of sp³-hybridized carbons (Fsp3) is 0.568. The van der Waals surface area contributed by atoms with Crippen LogP contribution in [0.25, 0.3) is 0 Å². The molecule has 2 aromatic carbocycles. The van der Waals surface area contributed by atoms with E-state index in [1.807, 2.05) is 12.1 Å². The Hall–Kier alpha value is -3.12. The number of likely N-dealkylation sites (N-methyl/N-ethyl adjacent to an activating group) is 1. The molecular formula is C37H46ClN3O7S. The Bertz CT molecular complexity index is 1780. The molecule has 0 unspecified atom stereocenters. The molecule has 0 radical (unpaired) electrons. The lowest BCUT2D eigenvalue weighted by molar-refractivity contribution is -0.185. The molecule has 3 aliphatic heterocycles. The third-order valence-corrected chi connectivity index (χ3v) is 14.1. The second-order valence-electron chi connectivity index (χ2n) is 14.9. The van der Waals surface area contributed by atoms with Crippen LogP contribution in [0.5, 0.6) is 5.75 Å². The molecule has 2 bridgehead atoms. The summed E-state index contributed by atoms with van der Waals surface area (Å²) >= 11 is 6.44. The van der Waals surface area contributed by atoms with Gasteiger partial charge in [-0.05, 0) is 105 Å². The van der Waals surface area contributed by atoms with E-state index in [0.717, 1.165) is 25.7 Å². The van der Waals surface area contributed by atoms with Crippen LogP contribution in [0.4, 0.5) is 5.69 Å². The molecule has 2 aliphatic carbocycles. The number of aliphatic hydroxyl groups is 1. The van der Waals surface area contributed by atoms with Gasteiger partial charge in [0.05, 0.1) is 24.2 Å². The van der Waals surface area contributed by atoms with E-state index in [2.05, 4.69) is 15.7 Å². The molecule has 2 aromatic rings. The summed E-state index contributed by atoms with van der Waals surface area (Å²) in [6, 6.07) is 11.2. The van der Waals surface area contributed by atoms with Crippen LogP contribution in [-0.4, -0.2) is 87.1 Å². The number of sulfonamides is 1. The molecule has 2 fully saturated rings. The SMILES string of the molecule is C[C@@H]1[C@@H](C)C/C=C/[C@@](O)([C@@H]2OCCN(C)C2=O)[C@@H]2CC[C@H]2CN2C[C@@]3(CCCc4cc(Cl)ccc43)COc3ccc(cc32)C(=O)NS1(=O)=O. The lowest BCUT2D eigenvalue weighted by Gasteiger charge is -2.51. The van der Waals surface area contributed by atoms with Gasteiger partial charge in [-0.25, -0.2) is 13.1 Å². The zero-order valence-electron chi connectivity index (χ0n) is 28.4. The quantitative estimate of drug-likeness (QED) is 0.416. The first-order chi connectivity index (χ1) is 23.3. The normalized spacial score (nSPS) is 35.2. The molecule has 2 N–H and O–H groups in total. The number of benzene rings is 2. The van der Waals surface area contributed by atoms with Crippen molar-refractivity contribution in [2.45, 2.75) is 74.7 Å². The summed E-state index contributed by atoms with van der Waals surface area (Å²) in [6.07, 6.45) is 7.05. The second-order valence-corrected chi connectivity index (χ2v) is 17.4. The Labute approximate surface area is 293 Å². The number of fused-ring (bicyclic) bond motifs is 4. The zero-order chi connectivity index (χ0) is 34.7. The number of rotatable bonds is 1. The Morgan fingerprint density at radius 3 is 2.69 bits per heavy atom. The van der Waals surface area contributed by atoms with Crippen molar-refractivity contribution in [3.05, 3.63) is 70.3 Å². The number of allylic oxidation sites excluding steroid dienone is 1. The van der Waals surface area contributed by atoms with Crippen molar-refractivity contribution in [1.29, 1.82) is 0 Å². The average Bonchev–Trinajstić information content (AvgIpc) is 3.20. The molecule has 3 heterocycles. The molecule has 12 heteroatoms.